The molecule has 0 saturated heterocycles. The van der Waals surface area contributed by atoms with E-state index in [2.05, 4.69) is 0 Å². The summed E-state index contributed by atoms with van der Waals surface area (Å²) in [6, 6.07) is 8.11. The molecule has 1 aliphatic heterocycles. The van der Waals surface area contributed by atoms with E-state index in [9.17, 15) is 13.2 Å². The number of amides is 1. The highest BCUT2D eigenvalue weighted by atomic mass is 35.5. The number of halogens is 1. The highest BCUT2D eigenvalue weighted by molar-refractivity contribution is 7.89. The molecule has 2 aromatic carbocycles. The lowest BCUT2D eigenvalue weighted by Gasteiger charge is -2.24. The van der Waals surface area contributed by atoms with Crippen molar-refractivity contribution < 1.29 is 13.2 Å². The number of carbonyl (C=O) groups excluding carboxylic acids is 1. The van der Waals surface area contributed by atoms with Crippen LogP contribution in [0.25, 0.3) is 10.8 Å². The van der Waals surface area contributed by atoms with Gasteiger partial charge in [-0.05, 0) is 25.1 Å². The van der Waals surface area contributed by atoms with Crippen molar-refractivity contribution in [1.29, 1.82) is 0 Å². The van der Waals surface area contributed by atoms with Crippen molar-refractivity contribution >= 4 is 44.8 Å². The van der Waals surface area contributed by atoms with E-state index in [1.165, 1.54) is 11.4 Å². The zero-order valence-corrected chi connectivity index (χ0v) is 15.3. The molecule has 1 unspecified atom stereocenters. The minimum absolute atomic E-state index is 0. The van der Waals surface area contributed by atoms with E-state index in [1.54, 1.807) is 49.2 Å². The summed E-state index contributed by atoms with van der Waals surface area (Å²) in [5, 5.41) is 1.25. The molecule has 3 rings (SSSR count). The molecule has 0 aliphatic carbocycles. The zero-order chi connectivity index (χ0) is 16.9. The van der Waals surface area contributed by atoms with Crippen molar-refractivity contribution in [1.82, 2.24) is 4.31 Å². The van der Waals surface area contributed by atoms with Gasteiger partial charge in [0.05, 0.1) is 10.6 Å². The van der Waals surface area contributed by atoms with Crippen molar-refractivity contribution in [2.24, 2.45) is 5.73 Å². The first-order valence-corrected chi connectivity index (χ1v) is 8.76. The number of hydrogen-bond donors (Lipinski definition) is 1. The van der Waals surface area contributed by atoms with Crippen molar-refractivity contribution in [3.8, 4) is 0 Å². The Morgan fingerprint density at radius 2 is 1.92 bits per heavy atom. The van der Waals surface area contributed by atoms with Gasteiger partial charge in [-0.3, -0.25) is 4.79 Å². The van der Waals surface area contributed by atoms with Crippen LogP contribution in [0.5, 0.6) is 0 Å². The Bertz CT molecular complexity index is 914. The number of rotatable bonds is 4. The molecule has 0 bridgehead atoms. The molecule has 6 nitrogen and oxygen atoms in total. The van der Waals surface area contributed by atoms with Gasteiger partial charge in [-0.2, -0.15) is 4.31 Å². The van der Waals surface area contributed by atoms with Gasteiger partial charge in [0, 0.05) is 43.0 Å². The van der Waals surface area contributed by atoms with E-state index < -0.39 is 10.0 Å². The Kier molecular flexibility index (Phi) is 4.92. The fraction of sp³-hybridized carbons (Fsp3) is 0.312. The summed E-state index contributed by atoms with van der Waals surface area (Å²) in [5.74, 6) is -0.121. The van der Waals surface area contributed by atoms with Crippen molar-refractivity contribution in [3.63, 3.8) is 0 Å². The quantitative estimate of drug-likeness (QED) is 0.890. The van der Waals surface area contributed by atoms with E-state index in [0.29, 0.717) is 16.3 Å². The van der Waals surface area contributed by atoms with Gasteiger partial charge in [0.1, 0.15) is 0 Å². The molecule has 0 radical (unpaired) electrons. The second-order valence-corrected chi connectivity index (χ2v) is 7.75. The highest BCUT2D eigenvalue weighted by Gasteiger charge is 2.32. The third-order valence-electron chi connectivity index (χ3n) is 4.49. The topological polar surface area (TPSA) is 83.7 Å². The fourth-order valence-electron chi connectivity index (χ4n) is 2.87. The third kappa shape index (κ3) is 2.48. The lowest BCUT2D eigenvalue weighted by Crippen LogP contribution is -2.39. The van der Waals surface area contributed by atoms with Crippen molar-refractivity contribution in [3.05, 3.63) is 35.9 Å². The van der Waals surface area contributed by atoms with Gasteiger partial charge < -0.3 is 10.6 Å². The number of sulfonamides is 1. The lowest BCUT2D eigenvalue weighted by atomic mass is 10.1. The van der Waals surface area contributed by atoms with Gasteiger partial charge in [0.15, 0.2) is 0 Å². The van der Waals surface area contributed by atoms with E-state index in [1.807, 2.05) is 0 Å². The number of likely N-dealkylation sites (N-methyl/N-ethyl adjacent to an activating group) is 1. The Morgan fingerprint density at radius 1 is 1.25 bits per heavy atom. The Hall–Kier alpha value is -1.67. The predicted molar refractivity (Wildman–Crippen MR) is 97.4 cm³/mol. The molecule has 1 aliphatic rings. The predicted octanol–water partition coefficient (Wildman–Crippen LogP) is 1.82. The van der Waals surface area contributed by atoms with Crippen LogP contribution in [0.15, 0.2) is 35.2 Å². The molecule has 0 fully saturated rings. The number of hydrogen-bond acceptors (Lipinski definition) is 4. The van der Waals surface area contributed by atoms with Gasteiger partial charge in [-0.25, -0.2) is 8.42 Å². The van der Waals surface area contributed by atoms with E-state index in [0.717, 1.165) is 5.69 Å². The molecule has 1 amide bonds. The van der Waals surface area contributed by atoms with Crippen LogP contribution in [-0.4, -0.2) is 45.3 Å². The van der Waals surface area contributed by atoms with Gasteiger partial charge in [-0.15, -0.1) is 12.4 Å². The second-order valence-electron chi connectivity index (χ2n) is 5.78. The smallest absolute Gasteiger partial charge is 0.258 e. The molecule has 8 heteroatoms. The summed E-state index contributed by atoms with van der Waals surface area (Å²) in [6.45, 7) is 1.99. The number of anilines is 1. The molecule has 1 atom stereocenters. The first-order chi connectivity index (χ1) is 10.8. The average molecular weight is 370 g/mol. The Balaban J connectivity index is 0.00000208. The maximum Gasteiger partial charge on any atom is 0.258 e. The van der Waals surface area contributed by atoms with E-state index in [-0.39, 0.29) is 35.8 Å². The summed E-state index contributed by atoms with van der Waals surface area (Å²) in [7, 11) is -0.485. The molecule has 2 aromatic rings. The van der Waals surface area contributed by atoms with Gasteiger partial charge in [-0.1, -0.05) is 12.1 Å². The minimum Gasteiger partial charge on any atom is -0.329 e. The van der Waals surface area contributed by atoms with Crippen LogP contribution >= 0.6 is 12.4 Å². The van der Waals surface area contributed by atoms with Crippen LogP contribution in [0, 0.1) is 0 Å². The fourth-order valence-corrected chi connectivity index (χ4v) is 4.43. The maximum absolute atomic E-state index is 12.9. The summed E-state index contributed by atoms with van der Waals surface area (Å²) < 4.78 is 27.1. The largest absolute Gasteiger partial charge is 0.329 e. The maximum atomic E-state index is 12.9. The molecule has 130 valence electrons. The molecule has 0 aromatic heterocycles. The molecular formula is C16H20ClN3O3S. The first kappa shape index (κ1) is 18.7. The Morgan fingerprint density at radius 3 is 2.54 bits per heavy atom. The lowest BCUT2D eigenvalue weighted by molar-refractivity contribution is 0.0999. The first-order valence-electron chi connectivity index (χ1n) is 7.32. The summed E-state index contributed by atoms with van der Waals surface area (Å²) in [5.41, 5.74) is 6.86. The van der Waals surface area contributed by atoms with Crippen LogP contribution in [0.3, 0.4) is 0 Å². The summed E-state index contributed by atoms with van der Waals surface area (Å²) >= 11 is 0. The standard InChI is InChI=1S/C16H19N3O3S.ClH/c1-10(9-17)19(3)23(21,22)14-8-7-13-15-11(14)5-4-6-12(15)16(20)18(13)2;/h4-8,10H,9,17H2,1-3H3;1H. The number of nitrogens with two attached hydrogens (primary N) is 1. The van der Waals surface area contributed by atoms with Crippen LogP contribution in [0.1, 0.15) is 17.3 Å². The normalized spacial score (nSPS) is 15.0. The molecule has 1 heterocycles. The monoisotopic (exact) mass is 369 g/mol. The van der Waals surface area contributed by atoms with Gasteiger partial charge >= 0.3 is 0 Å². The zero-order valence-electron chi connectivity index (χ0n) is 13.7. The third-order valence-corrected chi connectivity index (χ3v) is 6.52. The molecule has 0 saturated carbocycles. The van der Waals surface area contributed by atoms with Crippen LogP contribution in [0.2, 0.25) is 0 Å². The summed E-state index contributed by atoms with van der Waals surface area (Å²) in [4.78, 5) is 14.0. The molecule has 0 spiro atoms. The van der Waals surface area contributed by atoms with Gasteiger partial charge in [0.25, 0.3) is 5.91 Å². The number of benzene rings is 2. The molecule has 24 heavy (non-hydrogen) atoms. The molecule has 2 N–H and O–H groups in total. The second kappa shape index (κ2) is 6.33. The number of carbonyl (C=O) groups is 1. The van der Waals surface area contributed by atoms with Gasteiger partial charge in [0.2, 0.25) is 10.0 Å². The molecular weight excluding hydrogens is 350 g/mol. The van der Waals surface area contributed by atoms with Crippen molar-refractivity contribution in [2.45, 2.75) is 17.9 Å². The average Bonchev–Trinajstić information content (AvgIpc) is 2.80. The van der Waals surface area contributed by atoms with Crippen LogP contribution in [0.4, 0.5) is 5.69 Å². The van der Waals surface area contributed by atoms with Crippen LogP contribution < -0.4 is 10.6 Å². The van der Waals surface area contributed by atoms with E-state index in [4.69, 9.17) is 5.73 Å². The highest BCUT2D eigenvalue weighted by Crippen LogP contribution is 2.39. The number of nitrogens with zero attached hydrogens (tertiary/aromatic N) is 2. The van der Waals surface area contributed by atoms with Crippen LogP contribution in [-0.2, 0) is 10.0 Å². The summed E-state index contributed by atoms with van der Waals surface area (Å²) in [6.07, 6.45) is 0. The van der Waals surface area contributed by atoms with Crippen molar-refractivity contribution in [2.75, 3.05) is 25.5 Å². The Labute approximate surface area is 147 Å². The van der Waals surface area contributed by atoms with E-state index >= 15 is 0 Å². The minimum atomic E-state index is -3.69. The SMILES string of the molecule is CC(CN)N(C)S(=O)(=O)c1ccc2c3c(cccc13)C(=O)N2C.Cl.